The fourth-order valence-corrected chi connectivity index (χ4v) is 5.02. The lowest BCUT2D eigenvalue weighted by atomic mass is 9.86. The third-order valence-electron chi connectivity index (χ3n) is 7.00. The van der Waals surface area contributed by atoms with Gasteiger partial charge in [0.05, 0.1) is 30.2 Å². The first-order valence-corrected chi connectivity index (χ1v) is 12.2. The number of benzene rings is 2. The maximum atomic E-state index is 14.0. The first kappa shape index (κ1) is 23.7. The van der Waals surface area contributed by atoms with Gasteiger partial charge in [0.1, 0.15) is 11.4 Å². The van der Waals surface area contributed by atoms with E-state index < -0.39 is 11.9 Å². The van der Waals surface area contributed by atoms with E-state index in [1.807, 2.05) is 24.3 Å². The van der Waals surface area contributed by atoms with Crippen molar-refractivity contribution in [3.63, 3.8) is 0 Å². The molecule has 0 N–H and O–H groups in total. The largest absolute Gasteiger partial charge is 0.450 e. The average Bonchev–Trinajstić information content (AvgIpc) is 3.12. The number of nitrogens with zero attached hydrogens (tertiary/aromatic N) is 2. The number of amides is 1. The Balaban J connectivity index is 1.54. The van der Waals surface area contributed by atoms with Crippen molar-refractivity contribution in [2.24, 2.45) is 0 Å². The Kier molecular flexibility index (Phi) is 6.23. The molecule has 3 aromatic rings. The van der Waals surface area contributed by atoms with Gasteiger partial charge in [0, 0.05) is 26.2 Å². The van der Waals surface area contributed by atoms with Crippen molar-refractivity contribution in [2.75, 3.05) is 39.4 Å². The molecule has 1 aromatic heterocycles. The van der Waals surface area contributed by atoms with E-state index in [0.29, 0.717) is 12.1 Å². The topological polar surface area (TPSA) is 63.0 Å². The standard InChI is InChI=1S/C28H31FN2O4/c1-28(2,3)19-7-5-18(6-8-19)24-23-25(32)21-17-20(29)9-10-22(21)35-26(23)27(33)31(24)12-4-11-30-13-15-34-16-14-30/h5-10,17,24H,4,11-16H2,1-3H3/t24-/m0/s1. The van der Waals surface area contributed by atoms with Gasteiger partial charge < -0.3 is 14.1 Å². The van der Waals surface area contributed by atoms with Crippen LogP contribution in [0.1, 0.15) is 60.5 Å². The van der Waals surface area contributed by atoms with Crippen molar-refractivity contribution >= 4 is 16.9 Å². The highest BCUT2D eigenvalue weighted by Gasteiger charge is 2.42. The SMILES string of the molecule is CC(C)(C)c1ccc([C@H]2c3c(oc4ccc(F)cc4c3=O)C(=O)N2CCCN2CCOCC2)cc1. The van der Waals surface area contributed by atoms with E-state index in [0.717, 1.165) is 50.4 Å². The van der Waals surface area contributed by atoms with Gasteiger partial charge in [-0.15, -0.1) is 0 Å². The van der Waals surface area contributed by atoms with Crippen LogP contribution >= 0.6 is 0 Å². The van der Waals surface area contributed by atoms with Crippen molar-refractivity contribution in [1.82, 2.24) is 9.80 Å². The smallest absolute Gasteiger partial charge is 0.290 e. The summed E-state index contributed by atoms with van der Waals surface area (Å²) in [7, 11) is 0. The lowest BCUT2D eigenvalue weighted by Gasteiger charge is -2.29. The Morgan fingerprint density at radius 1 is 1.00 bits per heavy atom. The summed E-state index contributed by atoms with van der Waals surface area (Å²) >= 11 is 0. The van der Waals surface area contributed by atoms with E-state index >= 15 is 0 Å². The summed E-state index contributed by atoms with van der Waals surface area (Å²) in [6, 6.07) is 11.3. The minimum atomic E-state index is -0.569. The molecule has 7 heteroatoms. The number of carbonyl (C=O) groups is 1. The third-order valence-corrected chi connectivity index (χ3v) is 7.00. The van der Waals surface area contributed by atoms with Gasteiger partial charge in [0.25, 0.3) is 5.91 Å². The molecular formula is C28H31FN2O4. The Bertz CT molecular complexity index is 1300. The maximum Gasteiger partial charge on any atom is 0.290 e. The fourth-order valence-electron chi connectivity index (χ4n) is 5.02. The van der Waals surface area contributed by atoms with Crippen molar-refractivity contribution in [3.05, 3.63) is 81.0 Å². The minimum absolute atomic E-state index is 0.0213. The summed E-state index contributed by atoms with van der Waals surface area (Å²) in [5.74, 6) is -0.747. The quantitative estimate of drug-likeness (QED) is 0.541. The summed E-state index contributed by atoms with van der Waals surface area (Å²) in [6.45, 7) is 10.9. The Morgan fingerprint density at radius 2 is 1.71 bits per heavy atom. The molecule has 1 saturated heterocycles. The highest BCUT2D eigenvalue weighted by atomic mass is 19.1. The van der Waals surface area contributed by atoms with Crippen LogP contribution in [0.5, 0.6) is 0 Å². The van der Waals surface area contributed by atoms with Crippen LogP contribution < -0.4 is 5.43 Å². The number of halogens is 1. The van der Waals surface area contributed by atoms with Gasteiger partial charge in [-0.05, 0) is 41.2 Å². The molecule has 0 spiro atoms. The van der Waals surface area contributed by atoms with Gasteiger partial charge in [-0.2, -0.15) is 0 Å². The molecular weight excluding hydrogens is 447 g/mol. The van der Waals surface area contributed by atoms with Crippen molar-refractivity contribution in [2.45, 2.75) is 38.6 Å². The number of hydrogen-bond acceptors (Lipinski definition) is 5. The Hall–Kier alpha value is -3.03. The lowest BCUT2D eigenvalue weighted by molar-refractivity contribution is 0.0353. The molecule has 1 atom stereocenters. The second-order valence-electron chi connectivity index (χ2n) is 10.4. The summed E-state index contributed by atoms with van der Waals surface area (Å²) in [5.41, 5.74) is 2.15. The molecule has 6 nitrogen and oxygen atoms in total. The number of carbonyl (C=O) groups excluding carboxylic acids is 1. The third kappa shape index (κ3) is 4.50. The molecule has 0 radical (unpaired) electrons. The first-order chi connectivity index (χ1) is 16.7. The fraction of sp³-hybridized carbons (Fsp3) is 0.429. The van der Waals surface area contributed by atoms with E-state index in [9.17, 15) is 14.0 Å². The maximum absolute atomic E-state index is 14.0. The van der Waals surface area contributed by atoms with E-state index in [1.54, 1.807) is 4.90 Å². The summed E-state index contributed by atoms with van der Waals surface area (Å²) in [6.07, 6.45) is 0.763. The number of rotatable bonds is 5. The van der Waals surface area contributed by atoms with Gasteiger partial charge in [-0.1, -0.05) is 45.0 Å². The molecule has 2 aromatic carbocycles. The monoisotopic (exact) mass is 478 g/mol. The van der Waals surface area contributed by atoms with Crippen LogP contribution in [0.15, 0.2) is 51.7 Å². The van der Waals surface area contributed by atoms with Gasteiger partial charge >= 0.3 is 0 Å². The zero-order valence-electron chi connectivity index (χ0n) is 20.5. The highest BCUT2D eigenvalue weighted by molar-refractivity contribution is 5.99. The van der Waals surface area contributed by atoms with Crippen molar-refractivity contribution in [3.8, 4) is 0 Å². The van der Waals surface area contributed by atoms with Gasteiger partial charge in [0.15, 0.2) is 5.43 Å². The Labute approximate surface area is 204 Å². The molecule has 0 bridgehead atoms. The highest BCUT2D eigenvalue weighted by Crippen LogP contribution is 2.39. The minimum Gasteiger partial charge on any atom is -0.450 e. The van der Waals surface area contributed by atoms with Gasteiger partial charge in [-0.25, -0.2) is 4.39 Å². The van der Waals surface area contributed by atoms with Crippen LogP contribution in [-0.2, 0) is 10.2 Å². The molecule has 3 heterocycles. The van der Waals surface area contributed by atoms with E-state index in [2.05, 4.69) is 25.7 Å². The molecule has 0 aliphatic carbocycles. The second kappa shape index (κ2) is 9.21. The number of morpholine rings is 1. The molecule has 1 fully saturated rings. The lowest BCUT2D eigenvalue weighted by Crippen LogP contribution is -2.38. The van der Waals surface area contributed by atoms with Crippen molar-refractivity contribution < 1.29 is 18.3 Å². The molecule has 2 aliphatic heterocycles. The normalized spacial score (nSPS) is 18.9. The van der Waals surface area contributed by atoms with E-state index in [-0.39, 0.29) is 33.5 Å². The molecule has 5 rings (SSSR count). The number of hydrogen-bond donors (Lipinski definition) is 0. The average molecular weight is 479 g/mol. The molecule has 0 saturated carbocycles. The molecule has 2 aliphatic rings. The van der Waals surface area contributed by atoms with Gasteiger partial charge in [-0.3, -0.25) is 14.5 Å². The van der Waals surface area contributed by atoms with Crippen LogP contribution in [0.2, 0.25) is 0 Å². The van der Waals surface area contributed by atoms with Crippen LogP contribution in [0.25, 0.3) is 11.0 Å². The summed E-state index contributed by atoms with van der Waals surface area (Å²) < 4.78 is 25.3. The van der Waals surface area contributed by atoms with E-state index in [1.165, 1.54) is 18.2 Å². The Morgan fingerprint density at radius 3 is 2.40 bits per heavy atom. The summed E-state index contributed by atoms with van der Waals surface area (Å²) in [4.78, 5) is 31.2. The van der Waals surface area contributed by atoms with Crippen LogP contribution in [-0.4, -0.2) is 55.1 Å². The van der Waals surface area contributed by atoms with Crippen LogP contribution in [0, 0.1) is 5.82 Å². The molecule has 0 unspecified atom stereocenters. The van der Waals surface area contributed by atoms with E-state index in [4.69, 9.17) is 9.15 Å². The van der Waals surface area contributed by atoms with Crippen LogP contribution in [0.4, 0.5) is 4.39 Å². The zero-order chi connectivity index (χ0) is 24.7. The second-order valence-corrected chi connectivity index (χ2v) is 10.4. The summed E-state index contributed by atoms with van der Waals surface area (Å²) in [5, 5.41) is 0.156. The number of fused-ring (bicyclic) bond motifs is 2. The molecule has 184 valence electrons. The van der Waals surface area contributed by atoms with Crippen molar-refractivity contribution in [1.29, 1.82) is 0 Å². The molecule has 1 amide bonds. The zero-order valence-corrected chi connectivity index (χ0v) is 20.5. The number of ether oxygens (including phenoxy) is 1. The predicted octanol–water partition coefficient (Wildman–Crippen LogP) is 4.50. The van der Waals surface area contributed by atoms with Crippen LogP contribution in [0.3, 0.4) is 0 Å². The molecule has 35 heavy (non-hydrogen) atoms. The first-order valence-electron chi connectivity index (χ1n) is 12.2. The predicted molar refractivity (Wildman–Crippen MR) is 132 cm³/mol. The van der Waals surface area contributed by atoms with Gasteiger partial charge in [0.2, 0.25) is 5.76 Å².